The number of anilines is 1. The van der Waals surface area contributed by atoms with Gasteiger partial charge in [0, 0.05) is 17.6 Å². The van der Waals surface area contributed by atoms with Gasteiger partial charge in [-0.25, -0.2) is 15.8 Å². The maximum absolute atomic E-state index is 6.13. The Morgan fingerprint density at radius 3 is 2.90 bits per heavy atom. The fourth-order valence-electron chi connectivity index (χ4n) is 1.78. The largest absolute Gasteiger partial charge is 0.437 e. The van der Waals surface area contributed by atoms with Gasteiger partial charge in [0.15, 0.2) is 5.75 Å². The standard InChI is InChI=1S/C13H10ClN5O/c14-9-3-4-10(13-8(9)2-1-5-16-13)20-12-6-11(19-15)17-7-18-12/h1-7H,15H2,(H,17,18,19). The van der Waals surface area contributed by atoms with Crippen molar-refractivity contribution < 1.29 is 4.74 Å². The Kier molecular flexibility index (Phi) is 3.32. The first-order valence-electron chi connectivity index (χ1n) is 5.77. The Morgan fingerprint density at radius 1 is 1.15 bits per heavy atom. The van der Waals surface area contributed by atoms with Gasteiger partial charge in [-0.1, -0.05) is 11.6 Å². The van der Waals surface area contributed by atoms with E-state index in [9.17, 15) is 0 Å². The lowest BCUT2D eigenvalue weighted by atomic mass is 10.2. The predicted molar refractivity (Wildman–Crippen MR) is 76.7 cm³/mol. The lowest BCUT2D eigenvalue weighted by Crippen LogP contribution is -2.08. The minimum atomic E-state index is 0.363. The van der Waals surface area contributed by atoms with E-state index in [2.05, 4.69) is 20.4 Å². The number of nitrogen functional groups attached to an aromatic ring is 1. The second-order valence-corrected chi connectivity index (χ2v) is 4.34. The first-order chi connectivity index (χ1) is 9.78. The smallest absolute Gasteiger partial charge is 0.224 e. The molecule has 0 aliphatic rings. The molecule has 20 heavy (non-hydrogen) atoms. The molecule has 0 atom stereocenters. The molecule has 100 valence electrons. The van der Waals surface area contributed by atoms with Crippen molar-refractivity contribution in [2.24, 2.45) is 5.84 Å². The van der Waals surface area contributed by atoms with Crippen molar-refractivity contribution in [3.8, 4) is 11.6 Å². The molecule has 7 heteroatoms. The Labute approximate surface area is 119 Å². The van der Waals surface area contributed by atoms with Gasteiger partial charge in [0.2, 0.25) is 5.88 Å². The van der Waals surface area contributed by atoms with E-state index in [-0.39, 0.29) is 0 Å². The molecule has 0 bridgehead atoms. The van der Waals surface area contributed by atoms with Crippen molar-refractivity contribution in [1.82, 2.24) is 15.0 Å². The number of fused-ring (bicyclic) bond motifs is 1. The first kappa shape index (κ1) is 12.6. The fraction of sp³-hybridized carbons (Fsp3) is 0. The van der Waals surface area contributed by atoms with Gasteiger partial charge in [-0.2, -0.15) is 0 Å². The number of pyridine rings is 1. The van der Waals surface area contributed by atoms with Gasteiger partial charge in [-0.15, -0.1) is 0 Å². The van der Waals surface area contributed by atoms with Crippen molar-refractivity contribution in [2.75, 3.05) is 5.43 Å². The number of hydrogen-bond acceptors (Lipinski definition) is 6. The Hall–Kier alpha value is -2.44. The molecule has 3 aromatic rings. The number of rotatable bonds is 3. The van der Waals surface area contributed by atoms with Crippen LogP contribution in [-0.4, -0.2) is 15.0 Å². The number of hydrazine groups is 1. The SMILES string of the molecule is NNc1cc(Oc2ccc(Cl)c3cccnc23)ncn1. The van der Waals surface area contributed by atoms with E-state index in [1.165, 1.54) is 6.33 Å². The summed E-state index contributed by atoms with van der Waals surface area (Å²) >= 11 is 6.13. The van der Waals surface area contributed by atoms with E-state index in [4.69, 9.17) is 22.2 Å². The van der Waals surface area contributed by atoms with E-state index in [1.54, 1.807) is 24.4 Å². The monoisotopic (exact) mass is 287 g/mol. The van der Waals surface area contributed by atoms with Gasteiger partial charge in [0.1, 0.15) is 17.7 Å². The molecule has 2 aromatic heterocycles. The third-order valence-electron chi connectivity index (χ3n) is 2.68. The zero-order valence-corrected chi connectivity index (χ0v) is 11.0. The summed E-state index contributed by atoms with van der Waals surface area (Å²) in [6.07, 6.45) is 3.04. The Morgan fingerprint density at radius 2 is 2.05 bits per heavy atom. The maximum atomic E-state index is 6.13. The number of hydrogen-bond donors (Lipinski definition) is 2. The molecule has 0 saturated carbocycles. The predicted octanol–water partition coefficient (Wildman–Crippen LogP) is 2.76. The van der Waals surface area contributed by atoms with Crippen molar-refractivity contribution in [2.45, 2.75) is 0 Å². The van der Waals surface area contributed by atoms with Gasteiger partial charge in [-0.3, -0.25) is 4.98 Å². The van der Waals surface area contributed by atoms with E-state index < -0.39 is 0 Å². The lowest BCUT2D eigenvalue weighted by molar-refractivity contribution is 0.466. The summed E-state index contributed by atoms with van der Waals surface area (Å²) < 4.78 is 5.72. The van der Waals surface area contributed by atoms with E-state index in [0.29, 0.717) is 28.0 Å². The molecular weight excluding hydrogens is 278 g/mol. The van der Waals surface area contributed by atoms with Crippen LogP contribution in [0.2, 0.25) is 5.02 Å². The number of nitrogens with one attached hydrogen (secondary N) is 1. The molecule has 0 radical (unpaired) electrons. The van der Waals surface area contributed by atoms with Crippen LogP contribution in [0.25, 0.3) is 10.9 Å². The minimum Gasteiger partial charge on any atom is -0.437 e. The normalized spacial score (nSPS) is 10.5. The summed E-state index contributed by atoms with van der Waals surface area (Å²) in [7, 11) is 0. The van der Waals surface area contributed by atoms with Gasteiger partial charge >= 0.3 is 0 Å². The molecule has 0 aliphatic heterocycles. The van der Waals surface area contributed by atoms with Gasteiger partial charge < -0.3 is 10.2 Å². The number of ether oxygens (including phenoxy) is 1. The Balaban J connectivity index is 2.04. The second-order valence-electron chi connectivity index (χ2n) is 3.93. The summed E-state index contributed by atoms with van der Waals surface area (Å²) in [6, 6.07) is 8.78. The van der Waals surface area contributed by atoms with Crippen molar-refractivity contribution in [1.29, 1.82) is 0 Å². The zero-order chi connectivity index (χ0) is 13.9. The highest BCUT2D eigenvalue weighted by atomic mass is 35.5. The van der Waals surface area contributed by atoms with Gasteiger partial charge in [0.25, 0.3) is 0 Å². The van der Waals surface area contributed by atoms with Gasteiger partial charge in [0.05, 0.1) is 5.02 Å². The molecule has 0 amide bonds. The second kappa shape index (κ2) is 5.28. The third-order valence-corrected chi connectivity index (χ3v) is 3.01. The lowest BCUT2D eigenvalue weighted by Gasteiger charge is -2.08. The molecule has 3 N–H and O–H groups in total. The molecule has 0 unspecified atom stereocenters. The number of benzene rings is 1. The summed E-state index contributed by atoms with van der Waals surface area (Å²) in [4.78, 5) is 12.2. The molecule has 2 heterocycles. The van der Waals surface area contributed by atoms with Crippen LogP contribution in [0, 0.1) is 0 Å². The molecular formula is C13H10ClN5O. The number of aromatic nitrogens is 3. The number of nitrogens with two attached hydrogens (primary N) is 1. The van der Waals surface area contributed by atoms with E-state index in [1.807, 2.05) is 12.1 Å². The Bertz CT molecular complexity index is 765. The van der Waals surface area contributed by atoms with Crippen molar-refractivity contribution in [3.63, 3.8) is 0 Å². The minimum absolute atomic E-state index is 0.363. The van der Waals surface area contributed by atoms with Crippen LogP contribution in [0.1, 0.15) is 0 Å². The highest BCUT2D eigenvalue weighted by Gasteiger charge is 2.08. The highest BCUT2D eigenvalue weighted by molar-refractivity contribution is 6.35. The van der Waals surface area contributed by atoms with Crippen LogP contribution >= 0.6 is 11.6 Å². The third kappa shape index (κ3) is 2.34. The van der Waals surface area contributed by atoms with Crippen LogP contribution < -0.4 is 16.0 Å². The van der Waals surface area contributed by atoms with Crippen LogP contribution in [0.5, 0.6) is 11.6 Å². The topological polar surface area (TPSA) is 86.0 Å². The van der Waals surface area contributed by atoms with Crippen molar-refractivity contribution >= 4 is 28.3 Å². The van der Waals surface area contributed by atoms with Crippen LogP contribution in [0.4, 0.5) is 5.82 Å². The molecule has 6 nitrogen and oxygen atoms in total. The van der Waals surface area contributed by atoms with Crippen molar-refractivity contribution in [3.05, 3.63) is 47.9 Å². The quantitative estimate of drug-likeness (QED) is 0.569. The van der Waals surface area contributed by atoms with Crippen LogP contribution in [-0.2, 0) is 0 Å². The van der Waals surface area contributed by atoms with Crippen LogP contribution in [0.15, 0.2) is 42.9 Å². The molecule has 0 fully saturated rings. The molecule has 0 aliphatic carbocycles. The number of halogens is 1. The molecule has 0 saturated heterocycles. The maximum Gasteiger partial charge on any atom is 0.224 e. The number of nitrogens with zero attached hydrogens (tertiary/aromatic N) is 3. The summed E-state index contributed by atoms with van der Waals surface area (Å²) in [5.41, 5.74) is 3.10. The average molecular weight is 288 g/mol. The van der Waals surface area contributed by atoms with E-state index in [0.717, 1.165) is 5.39 Å². The van der Waals surface area contributed by atoms with Crippen LogP contribution in [0.3, 0.4) is 0 Å². The first-order valence-corrected chi connectivity index (χ1v) is 6.15. The zero-order valence-electron chi connectivity index (χ0n) is 10.2. The fourth-order valence-corrected chi connectivity index (χ4v) is 2.00. The van der Waals surface area contributed by atoms with E-state index >= 15 is 0 Å². The molecule has 3 rings (SSSR count). The summed E-state index contributed by atoms with van der Waals surface area (Å²) in [6.45, 7) is 0. The summed E-state index contributed by atoms with van der Waals surface area (Å²) in [5, 5.41) is 1.44. The molecule has 0 spiro atoms. The summed E-state index contributed by atoms with van der Waals surface area (Å²) in [5.74, 6) is 6.68. The molecule has 1 aromatic carbocycles. The van der Waals surface area contributed by atoms with Gasteiger partial charge in [-0.05, 0) is 24.3 Å². The average Bonchev–Trinajstić information content (AvgIpc) is 2.51. The highest BCUT2D eigenvalue weighted by Crippen LogP contribution is 2.32.